The number of halogens is 2. The lowest BCUT2D eigenvalue weighted by atomic mass is 10.2. The van der Waals surface area contributed by atoms with Crippen LogP contribution in [-0.4, -0.2) is 19.0 Å². The predicted molar refractivity (Wildman–Crippen MR) is 74.4 cm³/mol. The number of allylic oxidation sites excluding steroid dienone is 1. The first-order valence-electron chi connectivity index (χ1n) is 6.79. The van der Waals surface area contributed by atoms with Crippen molar-refractivity contribution in [3.63, 3.8) is 0 Å². The Labute approximate surface area is 117 Å². The largest absolute Gasteiger partial charge is 0.320 e. The third-order valence-corrected chi connectivity index (χ3v) is 3.27. The van der Waals surface area contributed by atoms with Gasteiger partial charge in [0.15, 0.2) is 0 Å². The maximum atomic E-state index is 13.3. The molecule has 0 fully saturated rings. The molecule has 2 N–H and O–H groups in total. The number of amides is 1. The van der Waals surface area contributed by atoms with Gasteiger partial charge in [-0.1, -0.05) is 17.7 Å². The molecule has 5 heteroatoms. The summed E-state index contributed by atoms with van der Waals surface area (Å²) < 4.78 is 26.6. The molecule has 0 heterocycles. The lowest BCUT2D eigenvalue weighted by Gasteiger charge is -2.08. The topological polar surface area (TPSA) is 41.1 Å². The number of carbonyl (C=O) groups excluding carboxylic acids is 1. The van der Waals surface area contributed by atoms with E-state index in [4.69, 9.17) is 0 Å². The van der Waals surface area contributed by atoms with E-state index in [9.17, 15) is 13.6 Å². The average molecular weight is 280 g/mol. The highest BCUT2D eigenvalue weighted by atomic mass is 19.1. The van der Waals surface area contributed by atoms with Gasteiger partial charge in [0.25, 0.3) is 0 Å². The fraction of sp³-hybridized carbons (Fsp3) is 0.400. The molecule has 1 aromatic rings. The molecule has 0 spiro atoms. The minimum atomic E-state index is -0.769. The van der Waals surface area contributed by atoms with E-state index in [0.29, 0.717) is 6.54 Å². The Balaban J connectivity index is 1.72. The normalized spacial score (nSPS) is 14.2. The van der Waals surface area contributed by atoms with Crippen LogP contribution in [0.4, 0.5) is 14.5 Å². The van der Waals surface area contributed by atoms with E-state index < -0.39 is 23.2 Å². The summed E-state index contributed by atoms with van der Waals surface area (Å²) in [6.07, 6.45) is 6.64. The molecule has 0 bridgehead atoms. The van der Waals surface area contributed by atoms with Crippen molar-refractivity contribution in [3.8, 4) is 0 Å². The number of rotatable bonds is 6. The van der Waals surface area contributed by atoms with E-state index in [0.717, 1.165) is 31.4 Å². The van der Waals surface area contributed by atoms with Crippen molar-refractivity contribution in [2.45, 2.75) is 25.7 Å². The van der Waals surface area contributed by atoms with Gasteiger partial charge in [0, 0.05) is 0 Å². The Bertz CT molecular complexity index is 494. The monoisotopic (exact) mass is 280 g/mol. The summed E-state index contributed by atoms with van der Waals surface area (Å²) in [6.45, 7) is 0.736. The Kier molecular flexibility index (Phi) is 5.24. The molecule has 1 aliphatic carbocycles. The van der Waals surface area contributed by atoms with Crippen molar-refractivity contribution in [3.05, 3.63) is 41.5 Å². The second kappa shape index (κ2) is 7.14. The number of benzene rings is 1. The molecule has 1 aliphatic rings. The minimum absolute atomic E-state index is 0.0427. The first-order valence-corrected chi connectivity index (χ1v) is 6.79. The van der Waals surface area contributed by atoms with Crippen LogP contribution in [0.2, 0.25) is 0 Å². The molecule has 0 aliphatic heterocycles. The Hall–Kier alpha value is -1.75. The fourth-order valence-electron chi connectivity index (χ4n) is 2.22. The van der Waals surface area contributed by atoms with Crippen LogP contribution in [0, 0.1) is 11.6 Å². The second-order valence-electron chi connectivity index (χ2n) is 4.83. The van der Waals surface area contributed by atoms with Crippen LogP contribution in [0.15, 0.2) is 29.8 Å². The highest BCUT2D eigenvalue weighted by Gasteiger charge is 2.11. The zero-order valence-corrected chi connectivity index (χ0v) is 11.2. The van der Waals surface area contributed by atoms with Crippen LogP contribution < -0.4 is 10.6 Å². The summed E-state index contributed by atoms with van der Waals surface area (Å²) in [6, 6.07) is 3.48. The number of carbonyl (C=O) groups is 1. The zero-order valence-electron chi connectivity index (χ0n) is 11.2. The molecule has 108 valence electrons. The Morgan fingerprint density at radius 3 is 2.65 bits per heavy atom. The molecule has 20 heavy (non-hydrogen) atoms. The van der Waals surface area contributed by atoms with E-state index >= 15 is 0 Å². The first-order chi connectivity index (χ1) is 9.66. The fourth-order valence-corrected chi connectivity index (χ4v) is 2.22. The van der Waals surface area contributed by atoms with Crippen LogP contribution in [0.5, 0.6) is 0 Å². The van der Waals surface area contributed by atoms with Gasteiger partial charge >= 0.3 is 0 Å². The molecule has 1 amide bonds. The highest BCUT2D eigenvalue weighted by Crippen LogP contribution is 2.20. The SMILES string of the molecule is O=C(CNCCC1=CCCC1)Nc1c(F)cccc1F. The standard InChI is InChI=1S/C15H18F2N2O/c16-12-6-3-7-13(17)15(12)19-14(20)10-18-9-8-11-4-1-2-5-11/h3-4,6-7,18H,1-2,5,8-10H2,(H,19,20). The quantitative estimate of drug-likeness (QED) is 0.621. The number of hydrogen-bond acceptors (Lipinski definition) is 2. The molecule has 0 saturated carbocycles. The van der Waals surface area contributed by atoms with E-state index in [1.165, 1.54) is 18.1 Å². The van der Waals surface area contributed by atoms with E-state index in [-0.39, 0.29) is 6.54 Å². The third-order valence-electron chi connectivity index (χ3n) is 3.27. The van der Waals surface area contributed by atoms with Gasteiger partial charge in [0.1, 0.15) is 17.3 Å². The first kappa shape index (κ1) is 14.7. The molecule has 1 aromatic carbocycles. The average Bonchev–Trinajstić information content (AvgIpc) is 2.92. The van der Waals surface area contributed by atoms with Crippen LogP contribution in [0.1, 0.15) is 25.7 Å². The molecule has 0 saturated heterocycles. The van der Waals surface area contributed by atoms with Crippen LogP contribution in [0.3, 0.4) is 0 Å². The number of para-hydroxylation sites is 1. The number of hydrogen-bond donors (Lipinski definition) is 2. The van der Waals surface area contributed by atoms with Gasteiger partial charge in [-0.2, -0.15) is 0 Å². The summed E-state index contributed by atoms with van der Waals surface area (Å²) in [5.41, 5.74) is 1.02. The van der Waals surface area contributed by atoms with Gasteiger partial charge in [-0.15, -0.1) is 0 Å². The lowest BCUT2D eigenvalue weighted by molar-refractivity contribution is -0.115. The second-order valence-corrected chi connectivity index (χ2v) is 4.83. The zero-order chi connectivity index (χ0) is 14.4. The van der Waals surface area contributed by atoms with Gasteiger partial charge in [-0.05, 0) is 44.4 Å². The van der Waals surface area contributed by atoms with Crippen LogP contribution >= 0.6 is 0 Å². The minimum Gasteiger partial charge on any atom is -0.320 e. The van der Waals surface area contributed by atoms with Gasteiger partial charge in [-0.3, -0.25) is 4.79 Å². The predicted octanol–water partition coefficient (Wildman–Crippen LogP) is 2.99. The number of anilines is 1. The summed E-state index contributed by atoms with van der Waals surface area (Å²) in [7, 11) is 0. The highest BCUT2D eigenvalue weighted by molar-refractivity contribution is 5.92. The summed E-state index contributed by atoms with van der Waals surface area (Å²) in [5.74, 6) is -1.99. The van der Waals surface area contributed by atoms with Crippen molar-refractivity contribution in [1.82, 2.24) is 5.32 Å². The van der Waals surface area contributed by atoms with Gasteiger partial charge in [-0.25, -0.2) is 8.78 Å². The molecule has 0 radical (unpaired) electrons. The van der Waals surface area contributed by atoms with Crippen molar-refractivity contribution in [1.29, 1.82) is 0 Å². The van der Waals surface area contributed by atoms with Gasteiger partial charge in [0.05, 0.1) is 6.54 Å². The third kappa shape index (κ3) is 4.13. The molecule has 0 aromatic heterocycles. The summed E-state index contributed by atoms with van der Waals surface area (Å²) in [4.78, 5) is 11.6. The summed E-state index contributed by atoms with van der Waals surface area (Å²) >= 11 is 0. The van der Waals surface area contributed by atoms with Gasteiger partial charge < -0.3 is 10.6 Å². The maximum Gasteiger partial charge on any atom is 0.238 e. The van der Waals surface area contributed by atoms with E-state index in [2.05, 4.69) is 16.7 Å². The molecule has 2 rings (SSSR count). The molecule has 0 unspecified atom stereocenters. The van der Waals surface area contributed by atoms with E-state index in [1.54, 1.807) is 0 Å². The smallest absolute Gasteiger partial charge is 0.238 e. The Morgan fingerprint density at radius 1 is 1.25 bits per heavy atom. The van der Waals surface area contributed by atoms with Gasteiger partial charge in [0.2, 0.25) is 5.91 Å². The van der Waals surface area contributed by atoms with Crippen molar-refractivity contribution >= 4 is 11.6 Å². The van der Waals surface area contributed by atoms with Crippen LogP contribution in [-0.2, 0) is 4.79 Å². The molecule has 3 nitrogen and oxygen atoms in total. The molecular weight excluding hydrogens is 262 g/mol. The molecular formula is C15H18F2N2O. The van der Waals surface area contributed by atoms with Crippen LogP contribution in [0.25, 0.3) is 0 Å². The van der Waals surface area contributed by atoms with E-state index in [1.807, 2.05) is 0 Å². The summed E-state index contributed by atoms with van der Waals surface area (Å²) in [5, 5.41) is 5.21. The molecule has 0 atom stereocenters. The van der Waals surface area contributed by atoms with Crippen molar-refractivity contribution in [2.24, 2.45) is 0 Å². The maximum absolute atomic E-state index is 13.3. The van der Waals surface area contributed by atoms with Crippen molar-refractivity contribution < 1.29 is 13.6 Å². The lowest BCUT2D eigenvalue weighted by Crippen LogP contribution is -2.29. The number of nitrogens with one attached hydrogen (secondary N) is 2. The Morgan fingerprint density at radius 2 is 2.00 bits per heavy atom. The van der Waals surface area contributed by atoms with Crippen molar-refractivity contribution in [2.75, 3.05) is 18.4 Å².